The molecular formula is C21H19NO3SSe. The Kier molecular flexibility index (Phi) is 4.96. The molecule has 0 N–H and O–H groups in total. The van der Waals surface area contributed by atoms with Crippen LogP contribution < -0.4 is 18.0 Å². The Bertz CT molecular complexity index is 1050. The molecule has 1 aliphatic heterocycles. The molecule has 1 aliphatic rings. The third kappa shape index (κ3) is 3.61. The topological polar surface area (TPSA) is 46.6 Å². The molecule has 3 aromatic carbocycles. The second kappa shape index (κ2) is 7.39. The number of hydrogen-bond donors (Lipinski definition) is 0. The van der Waals surface area contributed by atoms with E-state index in [-0.39, 0.29) is 19.9 Å². The van der Waals surface area contributed by atoms with E-state index in [4.69, 9.17) is 4.74 Å². The fourth-order valence-electron chi connectivity index (χ4n) is 3.16. The van der Waals surface area contributed by atoms with Gasteiger partial charge in [-0.2, -0.15) is 0 Å². The van der Waals surface area contributed by atoms with Crippen molar-refractivity contribution < 1.29 is 13.2 Å². The van der Waals surface area contributed by atoms with E-state index in [1.54, 1.807) is 31.4 Å². The van der Waals surface area contributed by atoms with E-state index >= 15 is 0 Å². The van der Waals surface area contributed by atoms with Gasteiger partial charge in [-0.1, -0.05) is 0 Å². The molecule has 4 nitrogen and oxygen atoms in total. The van der Waals surface area contributed by atoms with Crippen LogP contribution in [0.25, 0.3) is 0 Å². The van der Waals surface area contributed by atoms with Gasteiger partial charge in [-0.25, -0.2) is 0 Å². The van der Waals surface area contributed by atoms with Gasteiger partial charge < -0.3 is 0 Å². The standard InChI is InChI=1S/C21H19NO3SSe/c1-25-17-7-9-18(10-8-17)26(23,24)22-14-13-16-15-20(11-12-21(16)22)27-19-5-3-2-4-6-19/h2-12,15H,13-14H2,1H3. The monoisotopic (exact) mass is 445 g/mol. The quantitative estimate of drug-likeness (QED) is 0.567. The van der Waals surface area contributed by atoms with Gasteiger partial charge in [0.15, 0.2) is 0 Å². The summed E-state index contributed by atoms with van der Waals surface area (Å²) >= 11 is 0.221. The molecule has 0 fully saturated rings. The Balaban J connectivity index is 1.61. The van der Waals surface area contributed by atoms with Crippen LogP contribution in [0.5, 0.6) is 5.75 Å². The number of sulfonamides is 1. The first-order valence-electron chi connectivity index (χ1n) is 8.60. The van der Waals surface area contributed by atoms with Crippen LogP contribution in [-0.2, 0) is 16.4 Å². The fraction of sp³-hybridized carbons (Fsp3) is 0.143. The summed E-state index contributed by atoms with van der Waals surface area (Å²) in [5.74, 6) is 0.642. The van der Waals surface area contributed by atoms with Crippen LogP contribution in [0.4, 0.5) is 5.69 Å². The minimum atomic E-state index is -3.57. The number of hydrogen-bond acceptors (Lipinski definition) is 3. The van der Waals surface area contributed by atoms with E-state index in [0.29, 0.717) is 12.3 Å². The van der Waals surface area contributed by atoms with Gasteiger partial charge >= 0.3 is 166 Å². The maximum absolute atomic E-state index is 13.1. The summed E-state index contributed by atoms with van der Waals surface area (Å²) in [4.78, 5) is 0.286. The van der Waals surface area contributed by atoms with E-state index in [2.05, 4.69) is 18.2 Å². The fourth-order valence-corrected chi connectivity index (χ4v) is 6.56. The van der Waals surface area contributed by atoms with Gasteiger partial charge in [0.1, 0.15) is 0 Å². The van der Waals surface area contributed by atoms with Crippen molar-refractivity contribution in [1.82, 2.24) is 0 Å². The molecule has 0 radical (unpaired) electrons. The van der Waals surface area contributed by atoms with Crippen molar-refractivity contribution in [2.45, 2.75) is 11.3 Å². The summed E-state index contributed by atoms with van der Waals surface area (Å²) in [6.07, 6.45) is 0.740. The van der Waals surface area contributed by atoms with Crippen LogP contribution in [0.15, 0.2) is 77.7 Å². The molecule has 3 aromatic rings. The number of fused-ring (bicyclic) bond motifs is 1. The van der Waals surface area contributed by atoms with Crippen molar-refractivity contribution in [1.29, 1.82) is 0 Å². The van der Waals surface area contributed by atoms with Gasteiger partial charge in [0.25, 0.3) is 0 Å². The molecule has 0 aliphatic carbocycles. The molecule has 0 unspecified atom stereocenters. The predicted octanol–water partition coefficient (Wildman–Crippen LogP) is 2.10. The molecule has 0 saturated heterocycles. The SMILES string of the molecule is COc1ccc(S(=O)(=O)N2CCc3cc([Se]c4ccccc4)ccc32)cc1. The Morgan fingerprint density at radius 3 is 2.37 bits per heavy atom. The second-order valence-corrected chi connectivity index (χ2v) is 10.5. The van der Waals surface area contributed by atoms with Gasteiger partial charge in [-0.3, -0.25) is 0 Å². The summed E-state index contributed by atoms with van der Waals surface area (Å²) in [6, 6.07) is 23.1. The number of ether oxygens (including phenoxy) is 1. The van der Waals surface area contributed by atoms with Crippen LogP contribution in [0, 0.1) is 0 Å². The molecule has 138 valence electrons. The first kappa shape index (κ1) is 18.1. The molecule has 27 heavy (non-hydrogen) atoms. The van der Waals surface area contributed by atoms with Crippen molar-refractivity contribution in [3.05, 3.63) is 78.4 Å². The van der Waals surface area contributed by atoms with Gasteiger partial charge in [0, 0.05) is 0 Å². The van der Waals surface area contributed by atoms with Crippen LogP contribution in [0.3, 0.4) is 0 Å². The molecule has 0 spiro atoms. The third-order valence-electron chi connectivity index (χ3n) is 4.53. The molecular weight excluding hydrogens is 425 g/mol. The van der Waals surface area contributed by atoms with Gasteiger partial charge in [-0.05, 0) is 0 Å². The van der Waals surface area contributed by atoms with E-state index in [0.717, 1.165) is 17.7 Å². The van der Waals surface area contributed by atoms with Gasteiger partial charge in [-0.15, -0.1) is 0 Å². The number of benzene rings is 3. The minimum absolute atomic E-state index is 0.221. The van der Waals surface area contributed by atoms with Crippen LogP contribution in [0.1, 0.15) is 5.56 Å². The number of nitrogens with zero attached hydrogens (tertiary/aromatic N) is 1. The molecule has 0 saturated carbocycles. The average molecular weight is 444 g/mol. The molecule has 0 atom stereocenters. The second-order valence-electron chi connectivity index (χ2n) is 6.21. The van der Waals surface area contributed by atoms with Gasteiger partial charge in [0.05, 0.1) is 0 Å². The summed E-state index contributed by atoms with van der Waals surface area (Å²) in [6.45, 7) is 0.478. The van der Waals surface area contributed by atoms with Crippen LogP contribution in [-0.4, -0.2) is 37.0 Å². The summed E-state index contributed by atoms with van der Waals surface area (Å²) in [5, 5.41) is 0. The zero-order chi connectivity index (χ0) is 18.9. The first-order chi connectivity index (χ1) is 13.1. The van der Waals surface area contributed by atoms with E-state index in [1.807, 2.05) is 30.3 Å². The molecule has 4 rings (SSSR count). The predicted molar refractivity (Wildman–Crippen MR) is 109 cm³/mol. The number of rotatable bonds is 5. The zero-order valence-electron chi connectivity index (χ0n) is 14.8. The van der Waals surface area contributed by atoms with E-state index in [1.165, 1.54) is 13.2 Å². The number of anilines is 1. The Morgan fingerprint density at radius 1 is 0.926 bits per heavy atom. The Hall–Kier alpha value is -2.27. The van der Waals surface area contributed by atoms with Crippen molar-refractivity contribution in [2.24, 2.45) is 0 Å². The van der Waals surface area contributed by atoms with Gasteiger partial charge in [0.2, 0.25) is 0 Å². The third-order valence-corrected chi connectivity index (χ3v) is 8.45. The molecule has 1 heterocycles. The van der Waals surface area contributed by atoms with Crippen molar-refractivity contribution in [2.75, 3.05) is 18.0 Å². The van der Waals surface area contributed by atoms with E-state index < -0.39 is 10.0 Å². The molecule has 0 amide bonds. The first-order valence-corrected chi connectivity index (χ1v) is 11.8. The zero-order valence-corrected chi connectivity index (χ0v) is 17.4. The summed E-state index contributed by atoms with van der Waals surface area (Å²) in [7, 11) is -2.00. The van der Waals surface area contributed by atoms with Crippen molar-refractivity contribution in [3.63, 3.8) is 0 Å². The van der Waals surface area contributed by atoms with E-state index in [9.17, 15) is 8.42 Å². The van der Waals surface area contributed by atoms with Crippen LogP contribution >= 0.6 is 0 Å². The van der Waals surface area contributed by atoms with Crippen molar-refractivity contribution in [3.8, 4) is 5.75 Å². The van der Waals surface area contributed by atoms with Crippen LogP contribution in [0.2, 0.25) is 0 Å². The Labute approximate surface area is 166 Å². The molecule has 0 aromatic heterocycles. The van der Waals surface area contributed by atoms with Crippen molar-refractivity contribution >= 4 is 39.6 Å². The molecule has 0 bridgehead atoms. The summed E-state index contributed by atoms with van der Waals surface area (Å²) in [5.41, 5.74) is 1.89. The summed E-state index contributed by atoms with van der Waals surface area (Å²) < 4.78 is 35.3. The average Bonchev–Trinajstić information content (AvgIpc) is 3.13. The number of methoxy groups -OCH3 is 1. The normalized spacial score (nSPS) is 13.4. The Morgan fingerprint density at radius 2 is 1.67 bits per heavy atom. The molecule has 6 heteroatoms. The maximum atomic E-state index is 13.1.